The summed E-state index contributed by atoms with van der Waals surface area (Å²) in [6, 6.07) is 0.647. The van der Waals surface area contributed by atoms with Crippen molar-refractivity contribution in [1.82, 2.24) is 5.32 Å². The highest BCUT2D eigenvalue weighted by Gasteiger charge is 2.24. The summed E-state index contributed by atoms with van der Waals surface area (Å²) in [7, 11) is 0. The first kappa shape index (κ1) is 6.96. The Kier molecular flexibility index (Phi) is 1.72. The SMILES string of the molecule is CC1CCCC2=CC=CNC21. The van der Waals surface area contributed by atoms with Gasteiger partial charge in [0.25, 0.3) is 0 Å². The van der Waals surface area contributed by atoms with Crippen molar-refractivity contribution in [3.63, 3.8) is 0 Å². The molecule has 0 radical (unpaired) electrons. The van der Waals surface area contributed by atoms with Gasteiger partial charge in [0.1, 0.15) is 0 Å². The van der Waals surface area contributed by atoms with Gasteiger partial charge in [-0.25, -0.2) is 0 Å². The van der Waals surface area contributed by atoms with Crippen LogP contribution in [0.5, 0.6) is 0 Å². The fraction of sp³-hybridized carbons (Fsp3) is 0.600. The highest BCUT2D eigenvalue weighted by Crippen LogP contribution is 2.29. The predicted octanol–water partition coefficient (Wildman–Crippen LogP) is 2.22. The normalized spacial score (nSPS) is 35.5. The molecule has 2 atom stereocenters. The van der Waals surface area contributed by atoms with Crippen LogP contribution in [-0.4, -0.2) is 6.04 Å². The molecule has 0 aromatic carbocycles. The maximum atomic E-state index is 3.42. The van der Waals surface area contributed by atoms with E-state index < -0.39 is 0 Å². The smallest absolute Gasteiger partial charge is 0.0496 e. The largest absolute Gasteiger partial charge is 0.384 e. The van der Waals surface area contributed by atoms with E-state index in [9.17, 15) is 0 Å². The van der Waals surface area contributed by atoms with Crippen molar-refractivity contribution in [3.8, 4) is 0 Å². The molecular weight excluding hydrogens is 134 g/mol. The fourth-order valence-corrected chi connectivity index (χ4v) is 2.11. The molecule has 1 heteroatoms. The molecular formula is C10H15N. The third kappa shape index (κ3) is 1.20. The lowest BCUT2D eigenvalue weighted by atomic mass is 9.81. The van der Waals surface area contributed by atoms with E-state index in [4.69, 9.17) is 0 Å². The van der Waals surface area contributed by atoms with E-state index in [1.807, 2.05) is 0 Å². The molecule has 0 aromatic heterocycles. The molecule has 2 unspecified atom stereocenters. The van der Waals surface area contributed by atoms with Crippen LogP contribution < -0.4 is 5.32 Å². The molecule has 0 bridgehead atoms. The summed E-state index contributed by atoms with van der Waals surface area (Å²) >= 11 is 0. The van der Waals surface area contributed by atoms with E-state index in [1.54, 1.807) is 5.57 Å². The summed E-state index contributed by atoms with van der Waals surface area (Å²) in [6.45, 7) is 2.34. The van der Waals surface area contributed by atoms with Gasteiger partial charge >= 0.3 is 0 Å². The molecule has 0 amide bonds. The lowest BCUT2D eigenvalue weighted by Gasteiger charge is -2.33. The number of hydrogen-bond donors (Lipinski definition) is 1. The Balaban J connectivity index is 2.18. The average molecular weight is 149 g/mol. The molecule has 1 aliphatic heterocycles. The Morgan fingerprint density at radius 2 is 2.45 bits per heavy atom. The Labute approximate surface area is 68.2 Å². The van der Waals surface area contributed by atoms with Gasteiger partial charge in [-0.3, -0.25) is 0 Å². The van der Waals surface area contributed by atoms with E-state index in [0.29, 0.717) is 6.04 Å². The van der Waals surface area contributed by atoms with Gasteiger partial charge in [0, 0.05) is 6.04 Å². The molecule has 2 rings (SSSR count). The van der Waals surface area contributed by atoms with Gasteiger partial charge in [0.2, 0.25) is 0 Å². The standard InChI is InChI=1S/C10H15N/c1-8-4-2-5-9-6-3-7-11-10(8)9/h3,6-8,10-11H,2,4-5H2,1H3. The van der Waals surface area contributed by atoms with Gasteiger partial charge in [-0.1, -0.05) is 13.0 Å². The quantitative estimate of drug-likeness (QED) is 0.557. The zero-order valence-electron chi connectivity index (χ0n) is 7.01. The number of nitrogens with one attached hydrogen (secondary N) is 1. The van der Waals surface area contributed by atoms with E-state index in [1.165, 1.54) is 19.3 Å². The van der Waals surface area contributed by atoms with Crippen molar-refractivity contribution in [2.24, 2.45) is 5.92 Å². The van der Waals surface area contributed by atoms with E-state index in [-0.39, 0.29) is 0 Å². The Morgan fingerprint density at radius 3 is 3.27 bits per heavy atom. The molecule has 1 nitrogen and oxygen atoms in total. The van der Waals surface area contributed by atoms with Gasteiger partial charge in [0.15, 0.2) is 0 Å². The summed E-state index contributed by atoms with van der Waals surface area (Å²) < 4.78 is 0. The average Bonchev–Trinajstić information content (AvgIpc) is 2.06. The van der Waals surface area contributed by atoms with Crippen LogP contribution in [0.25, 0.3) is 0 Å². The van der Waals surface area contributed by atoms with Crippen molar-refractivity contribution in [2.45, 2.75) is 32.2 Å². The number of dihydropyridines is 1. The van der Waals surface area contributed by atoms with Crippen LogP contribution in [0.2, 0.25) is 0 Å². The van der Waals surface area contributed by atoms with Gasteiger partial charge in [-0.2, -0.15) is 0 Å². The van der Waals surface area contributed by atoms with Crippen LogP contribution in [0.4, 0.5) is 0 Å². The molecule has 0 spiro atoms. The lowest BCUT2D eigenvalue weighted by molar-refractivity contribution is 0.366. The maximum absolute atomic E-state index is 3.42. The highest BCUT2D eigenvalue weighted by molar-refractivity contribution is 5.25. The van der Waals surface area contributed by atoms with Crippen LogP contribution in [0, 0.1) is 5.92 Å². The van der Waals surface area contributed by atoms with E-state index in [2.05, 4.69) is 30.6 Å². The molecule has 0 aromatic rings. The third-order valence-electron chi connectivity index (χ3n) is 2.78. The van der Waals surface area contributed by atoms with Gasteiger partial charge in [-0.15, -0.1) is 0 Å². The summed E-state index contributed by atoms with van der Waals surface area (Å²) in [4.78, 5) is 0. The second-order valence-corrected chi connectivity index (χ2v) is 3.61. The van der Waals surface area contributed by atoms with Gasteiger partial charge in [-0.05, 0) is 43.0 Å². The molecule has 1 fully saturated rings. The van der Waals surface area contributed by atoms with Crippen molar-refractivity contribution in [2.75, 3.05) is 0 Å². The number of allylic oxidation sites excluding steroid dienone is 2. The zero-order chi connectivity index (χ0) is 7.68. The Hall–Kier alpha value is -0.720. The third-order valence-corrected chi connectivity index (χ3v) is 2.78. The van der Waals surface area contributed by atoms with Crippen molar-refractivity contribution in [1.29, 1.82) is 0 Å². The highest BCUT2D eigenvalue weighted by atomic mass is 14.9. The van der Waals surface area contributed by atoms with Crippen molar-refractivity contribution < 1.29 is 0 Å². The molecule has 60 valence electrons. The lowest BCUT2D eigenvalue weighted by Crippen LogP contribution is -2.37. The van der Waals surface area contributed by atoms with Crippen LogP contribution in [0.1, 0.15) is 26.2 Å². The molecule has 1 aliphatic carbocycles. The van der Waals surface area contributed by atoms with E-state index in [0.717, 1.165) is 5.92 Å². The molecule has 1 heterocycles. The predicted molar refractivity (Wildman–Crippen MR) is 47.2 cm³/mol. The van der Waals surface area contributed by atoms with Crippen LogP contribution in [0.15, 0.2) is 23.9 Å². The minimum Gasteiger partial charge on any atom is -0.384 e. The Morgan fingerprint density at radius 1 is 1.55 bits per heavy atom. The molecule has 11 heavy (non-hydrogen) atoms. The van der Waals surface area contributed by atoms with Gasteiger partial charge < -0.3 is 5.32 Å². The minimum absolute atomic E-state index is 0.647. The van der Waals surface area contributed by atoms with Crippen LogP contribution in [-0.2, 0) is 0 Å². The number of hydrogen-bond acceptors (Lipinski definition) is 1. The summed E-state index contributed by atoms with van der Waals surface area (Å²) in [5.41, 5.74) is 1.60. The van der Waals surface area contributed by atoms with Crippen LogP contribution >= 0.6 is 0 Å². The minimum atomic E-state index is 0.647. The number of fused-ring (bicyclic) bond motifs is 1. The zero-order valence-corrected chi connectivity index (χ0v) is 7.01. The van der Waals surface area contributed by atoms with Crippen molar-refractivity contribution in [3.05, 3.63) is 23.9 Å². The molecule has 1 saturated carbocycles. The summed E-state index contributed by atoms with van der Waals surface area (Å²) in [6.07, 6.45) is 10.5. The molecule has 2 aliphatic rings. The molecule has 0 saturated heterocycles. The topological polar surface area (TPSA) is 12.0 Å². The first-order valence-electron chi connectivity index (χ1n) is 4.49. The molecule has 1 N–H and O–H groups in total. The summed E-state index contributed by atoms with van der Waals surface area (Å²) in [5, 5.41) is 3.42. The first-order chi connectivity index (χ1) is 5.38. The Bertz CT molecular complexity index is 203. The fourth-order valence-electron chi connectivity index (χ4n) is 2.11. The second kappa shape index (κ2) is 2.72. The first-order valence-corrected chi connectivity index (χ1v) is 4.49. The number of rotatable bonds is 0. The van der Waals surface area contributed by atoms with E-state index >= 15 is 0 Å². The van der Waals surface area contributed by atoms with Crippen LogP contribution in [0.3, 0.4) is 0 Å². The van der Waals surface area contributed by atoms with Crippen molar-refractivity contribution >= 4 is 0 Å². The monoisotopic (exact) mass is 149 g/mol. The summed E-state index contributed by atoms with van der Waals surface area (Å²) in [5.74, 6) is 0.819. The van der Waals surface area contributed by atoms with Gasteiger partial charge in [0.05, 0.1) is 0 Å². The maximum Gasteiger partial charge on any atom is 0.0496 e. The second-order valence-electron chi connectivity index (χ2n) is 3.61.